The highest BCUT2D eigenvalue weighted by molar-refractivity contribution is 9.10. The first-order chi connectivity index (χ1) is 8.19. The minimum absolute atomic E-state index is 0.164. The van der Waals surface area contributed by atoms with Crippen molar-refractivity contribution in [1.29, 1.82) is 0 Å². The minimum Gasteiger partial charge on any atom is -0.444 e. The first kappa shape index (κ1) is 12.6. The van der Waals surface area contributed by atoms with Gasteiger partial charge in [0.05, 0.1) is 0 Å². The van der Waals surface area contributed by atoms with Gasteiger partial charge in [0.25, 0.3) is 5.91 Å². The van der Waals surface area contributed by atoms with E-state index in [1.165, 1.54) is 0 Å². The quantitative estimate of drug-likeness (QED) is 0.900. The molecule has 0 aromatic carbocycles. The number of amides is 1. The van der Waals surface area contributed by atoms with Crippen molar-refractivity contribution in [2.75, 3.05) is 6.61 Å². The van der Waals surface area contributed by atoms with E-state index in [1.807, 2.05) is 0 Å². The highest BCUT2D eigenvalue weighted by Gasteiger charge is 2.23. The Morgan fingerprint density at radius 1 is 1.41 bits per heavy atom. The number of hydrogen-bond acceptors (Lipinski definition) is 3. The van der Waals surface area contributed by atoms with Gasteiger partial charge < -0.3 is 14.8 Å². The molecule has 1 aromatic rings. The molecule has 0 saturated heterocycles. The summed E-state index contributed by atoms with van der Waals surface area (Å²) in [4.78, 5) is 11.8. The van der Waals surface area contributed by atoms with Crippen molar-refractivity contribution in [3.8, 4) is 0 Å². The van der Waals surface area contributed by atoms with E-state index < -0.39 is 0 Å². The first-order valence-electron chi connectivity index (χ1n) is 5.86. The van der Waals surface area contributed by atoms with E-state index in [2.05, 4.69) is 21.2 Å². The Bertz CT molecular complexity index is 383. The molecule has 1 fully saturated rings. The predicted octanol–water partition coefficient (Wildman–Crippen LogP) is 2.32. The molecular formula is C12H16BrNO3. The molecule has 1 heterocycles. The van der Waals surface area contributed by atoms with Crippen LogP contribution in [0, 0.1) is 5.92 Å². The third kappa shape index (κ3) is 3.33. The van der Waals surface area contributed by atoms with Gasteiger partial charge in [-0.05, 0) is 59.7 Å². The van der Waals surface area contributed by atoms with Gasteiger partial charge in [0.2, 0.25) is 0 Å². The molecule has 1 aromatic heterocycles. The molecule has 4 nitrogen and oxygen atoms in total. The molecule has 5 heteroatoms. The van der Waals surface area contributed by atoms with Crippen LogP contribution in [0.1, 0.15) is 36.2 Å². The van der Waals surface area contributed by atoms with Gasteiger partial charge in [0, 0.05) is 12.6 Å². The van der Waals surface area contributed by atoms with Gasteiger partial charge in [-0.2, -0.15) is 0 Å². The second kappa shape index (κ2) is 5.69. The largest absolute Gasteiger partial charge is 0.444 e. The van der Waals surface area contributed by atoms with E-state index in [1.54, 1.807) is 12.1 Å². The number of aliphatic hydroxyl groups is 1. The Morgan fingerprint density at radius 2 is 2.12 bits per heavy atom. The lowest BCUT2D eigenvalue weighted by molar-refractivity contribution is 0.0885. The van der Waals surface area contributed by atoms with Gasteiger partial charge in [-0.3, -0.25) is 4.79 Å². The van der Waals surface area contributed by atoms with Crippen LogP contribution >= 0.6 is 15.9 Å². The van der Waals surface area contributed by atoms with Crippen LogP contribution in [-0.4, -0.2) is 23.7 Å². The number of rotatable bonds is 3. The maximum Gasteiger partial charge on any atom is 0.287 e. The summed E-state index contributed by atoms with van der Waals surface area (Å²) in [6.45, 7) is 0.256. The molecule has 0 unspecified atom stereocenters. The van der Waals surface area contributed by atoms with E-state index in [4.69, 9.17) is 9.52 Å². The maximum absolute atomic E-state index is 11.8. The Labute approximate surface area is 109 Å². The third-order valence-corrected chi connectivity index (χ3v) is 3.66. The third-order valence-electron chi connectivity index (χ3n) is 3.24. The van der Waals surface area contributed by atoms with Gasteiger partial charge >= 0.3 is 0 Å². The van der Waals surface area contributed by atoms with Gasteiger partial charge in [-0.15, -0.1) is 0 Å². The summed E-state index contributed by atoms with van der Waals surface area (Å²) >= 11 is 3.17. The first-order valence-corrected chi connectivity index (χ1v) is 6.65. The average molecular weight is 302 g/mol. The molecule has 2 rings (SSSR count). The van der Waals surface area contributed by atoms with Gasteiger partial charge in [-0.25, -0.2) is 0 Å². The molecule has 2 N–H and O–H groups in total. The van der Waals surface area contributed by atoms with Gasteiger partial charge in [0.15, 0.2) is 10.4 Å². The summed E-state index contributed by atoms with van der Waals surface area (Å²) in [7, 11) is 0. The molecule has 0 atom stereocenters. The van der Waals surface area contributed by atoms with Crippen LogP contribution in [-0.2, 0) is 0 Å². The molecule has 1 amide bonds. The summed E-state index contributed by atoms with van der Waals surface area (Å²) in [5, 5.41) is 12.0. The van der Waals surface area contributed by atoms with E-state index in [0.29, 0.717) is 16.3 Å². The van der Waals surface area contributed by atoms with Crippen molar-refractivity contribution >= 4 is 21.8 Å². The van der Waals surface area contributed by atoms with Crippen molar-refractivity contribution in [2.45, 2.75) is 31.7 Å². The van der Waals surface area contributed by atoms with Crippen molar-refractivity contribution in [3.05, 3.63) is 22.6 Å². The number of aliphatic hydroxyl groups excluding tert-OH is 1. The summed E-state index contributed by atoms with van der Waals surface area (Å²) < 4.78 is 5.76. The summed E-state index contributed by atoms with van der Waals surface area (Å²) in [6, 6.07) is 3.56. The number of halogens is 1. The second-order valence-corrected chi connectivity index (χ2v) is 5.26. The molecule has 1 aliphatic rings. The zero-order valence-corrected chi connectivity index (χ0v) is 11.1. The number of nitrogens with one attached hydrogen (secondary N) is 1. The maximum atomic E-state index is 11.8. The lowest BCUT2D eigenvalue weighted by Crippen LogP contribution is -2.37. The van der Waals surface area contributed by atoms with E-state index in [0.717, 1.165) is 25.7 Å². The van der Waals surface area contributed by atoms with Crippen molar-refractivity contribution < 1.29 is 14.3 Å². The fraction of sp³-hybridized carbons (Fsp3) is 0.583. The molecule has 1 aliphatic carbocycles. The van der Waals surface area contributed by atoms with Crippen LogP contribution < -0.4 is 5.32 Å². The fourth-order valence-corrected chi connectivity index (χ4v) is 2.49. The highest BCUT2D eigenvalue weighted by atomic mass is 79.9. The lowest BCUT2D eigenvalue weighted by atomic mass is 9.86. The van der Waals surface area contributed by atoms with E-state index in [9.17, 15) is 4.79 Å². The molecular weight excluding hydrogens is 286 g/mol. The van der Waals surface area contributed by atoms with Gasteiger partial charge in [0.1, 0.15) is 0 Å². The summed E-state index contributed by atoms with van der Waals surface area (Å²) in [5.41, 5.74) is 0. The Kier molecular flexibility index (Phi) is 4.23. The minimum atomic E-state index is -0.164. The van der Waals surface area contributed by atoms with Gasteiger partial charge in [-0.1, -0.05) is 0 Å². The SMILES string of the molecule is O=C(NC1CCC(CO)CC1)c1ccc(Br)o1. The number of carbonyl (C=O) groups excluding carboxylic acids is 1. The molecule has 0 aliphatic heterocycles. The lowest BCUT2D eigenvalue weighted by Gasteiger charge is -2.27. The topological polar surface area (TPSA) is 62.5 Å². The normalized spacial score (nSPS) is 24.6. The standard InChI is InChI=1S/C12H16BrNO3/c13-11-6-5-10(17-11)12(16)14-9-3-1-8(7-15)2-4-9/h5-6,8-9,15H,1-4,7H2,(H,14,16). The molecule has 0 radical (unpaired) electrons. The van der Waals surface area contributed by atoms with Crippen LogP contribution in [0.25, 0.3) is 0 Å². The van der Waals surface area contributed by atoms with Crippen LogP contribution in [0.5, 0.6) is 0 Å². The fourth-order valence-electron chi connectivity index (χ4n) is 2.18. The summed E-state index contributed by atoms with van der Waals surface area (Å²) in [5.74, 6) is 0.574. The zero-order chi connectivity index (χ0) is 12.3. The van der Waals surface area contributed by atoms with Crippen LogP contribution in [0.4, 0.5) is 0 Å². The summed E-state index contributed by atoms with van der Waals surface area (Å²) in [6.07, 6.45) is 3.81. The molecule has 94 valence electrons. The van der Waals surface area contributed by atoms with Crippen LogP contribution in [0.3, 0.4) is 0 Å². The molecule has 1 saturated carbocycles. The van der Waals surface area contributed by atoms with Crippen molar-refractivity contribution in [3.63, 3.8) is 0 Å². The van der Waals surface area contributed by atoms with Crippen molar-refractivity contribution in [2.24, 2.45) is 5.92 Å². The Balaban J connectivity index is 1.84. The number of carbonyl (C=O) groups is 1. The van der Waals surface area contributed by atoms with Crippen molar-refractivity contribution in [1.82, 2.24) is 5.32 Å². The Morgan fingerprint density at radius 3 is 2.65 bits per heavy atom. The zero-order valence-electron chi connectivity index (χ0n) is 9.49. The molecule has 0 spiro atoms. The molecule has 0 bridgehead atoms. The number of furan rings is 1. The second-order valence-electron chi connectivity index (χ2n) is 4.48. The predicted molar refractivity (Wildman–Crippen MR) is 66.7 cm³/mol. The van der Waals surface area contributed by atoms with Crippen LogP contribution in [0.2, 0.25) is 0 Å². The van der Waals surface area contributed by atoms with Crippen LogP contribution in [0.15, 0.2) is 21.2 Å². The average Bonchev–Trinajstić information content (AvgIpc) is 2.77. The number of hydrogen-bond donors (Lipinski definition) is 2. The van der Waals surface area contributed by atoms with E-state index >= 15 is 0 Å². The van der Waals surface area contributed by atoms with E-state index in [-0.39, 0.29) is 18.6 Å². The monoisotopic (exact) mass is 301 g/mol. The molecule has 17 heavy (non-hydrogen) atoms. The highest BCUT2D eigenvalue weighted by Crippen LogP contribution is 2.24. The Hall–Kier alpha value is -0.810. The smallest absolute Gasteiger partial charge is 0.287 e.